The zero-order valence-corrected chi connectivity index (χ0v) is 15.5. The lowest BCUT2D eigenvalue weighted by atomic mass is 9.98. The number of nitrogens with zero attached hydrogens (tertiary/aromatic N) is 2. The van der Waals surface area contributed by atoms with Crippen LogP contribution in [0.1, 0.15) is 37.7 Å². The second-order valence-corrected chi connectivity index (χ2v) is 6.30. The largest absolute Gasteiger partial charge is 0.459 e. The highest BCUT2D eigenvalue weighted by molar-refractivity contribution is 6.14. The number of furan rings is 1. The summed E-state index contributed by atoms with van der Waals surface area (Å²) in [4.78, 5) is 25.4. The summed E-state index contributed by atoms with van der Waals surface area (Å²) in [5, 5.41) is 7.68. The maximum absolute atomic E-state index is 12.8. The highest BCUT2D eigenvalue weighted by Gasteiger charge is 2.20. The Balaban J connectivity index is 1.49. The Bertz CT molecular complexity index is 1140. The summed E-state index contributed by atoms with van der Waals surface area (Å²) >= 11 is 0. The van der Waals surface area contributed by atoms with Crippen molar-refractivity contribution in [1.29, 1.82) is 0 Å². The number of ketones is 1. The molecule has 7 heteroatoms. The molecule has 0 unspecified atom stereocenters. The van der Waals surface area contributed by atoms with E-state index in [9.17, 15) is 9.59 Å². The SMILES string of the molecule is Cc1ccc(C(=O)c2ccccc2C(=O)OCc2nnc(-c3ccco3)o2)cc1. The van der Waals surface area contributed by atoms with Crippen LogP contribution in [0.4, 0.5) is 0 Å². The van der Waals surface area contributed by atoms with Crippen LogP contribution in [0.15, 0.2) is 75.8 Å². The average molecular weight is 388 g/mol. The highest BCUT2D eigenvalue weighted by atomic mass is 16.5. The van der Waals surface area contributed by atoms with Crippen LogP contribution in [0, 0.1) is 6.92 Å². The molecule has 0 radical (unpaired) electrons. The molecule has 0 aliphatic heterocycles. The lowest BCUT2D eigenvalue weighted by molar-refractivity contribution is 0.0436. The van der Waals surface area contributed by atoms with E-state index in [0.717, 1.165) is 5.56 Å². The standard InChI is InChI=1S/C22H16N2O5/c1-14-8-10-15(11-9-14)20(25)16-5-2-3-6-17(16)22(26)28-13-19-23-24-21(29-19)18-7-4-12-27-18/h2-12H,13H2,1H3. The van der Waals surface area contributed by atoms with Crippen LogP contribution in [-0.2, 0) is 11.3 Å². The Morgan fingerprint density at radius 1 is 0.931 bits per heavy atom. The van der Waals surface area contributed by atoms with Gasteiger partial charge in [-0.25, -0.2) is 4.79 Å². The van der Waals surface area contributed by atoms with Crippen molar-refractivity contribution in [2.24, 2.45) is 0 Å². The van der Waals surface area contributed by atoms with Gasteiger partial charge in [0.25, 0.3) is 11.8 Å². The molecule has 0 aliphatic rings. The van der Waals surface area contributed by atoms with Crippen LogP contribution in [0.25, 0.3) is 11.7 Å². The normalized spacial score (nSPS) is 10.7. The molecule has 0 fully saturated rings. The molecule has 0 bridgehead atoms. The van der Waals surface area contributed by atoms with Crippen molar-refractivity contribution in [3.63, 3.8) is 0 Å². The predicted molar refractivity (Wildman–Crippen MR) is 102 cm³/mol. The van der Waals surface area contributed by atoms with E-state index >= 15 is 0 Å². The molecule has 0 N–H and O–H groups in total. The summed E-state index contributed by atoms with van der Waals surface area (Å²) in [7, 11) is 0. The Kier molecular flexibility index (Phi) is 5.03. The first-order valence-corrected chi connectivity index (χ1v) is 8.85. The number of hydrogen-bond donors (Lipinski definition) is 0. The van der Waals surface area contributed by atoms with Gasteiger partial charge in [0, 0.05) is 11.1 Å². The smallest absolute Gasteiger partial charge is 0.339 e. The second-order valence-electron chi connectivity index (χ2n) is 6.30. The van der Waals surface area contributed by atoms with Gasteiger partial charge >= 0.3 is 5.97 Å². The predicted octanol–water partition coefficient (Wildman–Crippen LogP) is 4.23. The van der Waals surface area contributed by atoms with Gasteiger partial charge in [0.1, 0.15) is 0 Å². The van der Waals surface area contributed by atoms with Gasteiger partial charge in [-0.2, -0.15) is 0 Å². The molecular weight excluding hydrogens is 372 g/mol. The lowest BCUT2D eigenvalue weighted by Gasteiger charge is -2.08. The Labute approximate surface area is 165 Å². The summed E-state index contributed by atoms with van der Waals surface area (Å²) in [6.07, 6.45) is 1.49. The number of ether oxygens (including phenoxy) is 1. The van der Waals surface area contributed by atoms with E-state index < -0.39 is 5.97 Å². The monoisotopic (exact) mass is 388 g/mol. The molecule has 0 atom stereocenters. The van der Waals surface area contributed by atoms with Gasteiger partial charge in [0.05, 0.1) is 11.8 Å². The molecule has 0 amide bonds. The van der Waals surface area contributed by atoms with Gasteiger partial charge in [-0.1, -0.05) is 48.0 Å². The van der Waals surface area contributed by atoms with Crippen molar-refractivity contribution in [1.82, 2.24) is 10.2 Å². The van der Waals surface area contributed by atoms with E-state index in [1.807, 2.05) is 19.1 Å². The van der Waals surface area contributed by atoms with Crippen LogP contribution in [0.3, 0.4) is 0 Å². The molecule has 7 nitrogen and oxygen atoms in total. The van der Waals surface area contributed by atoms with E-state index in [1.165, 1.54) is 6.26 Å². The third-order valence-corrected chi connectivity index (χ3v) is 4.23. The van der Waals surface area contributed by atoms with Crippen LogP contribution < -0.4 is 0 Å². The third kappa shape index (κ3) is 3.98. The molecule has 4 aromatic rings. The summed E-state index contributed by atoms with van der Waals surface area (Å²) in [5.74, 6) is -0.179. The molecule has 0 aliphatic carbocycles. The zero-order chi connectivity index (χ0) is 20.2. The van der Waals surface area contributed by atoms with Crippen molar-refractivity contribution >= 4 is 11.8 Å². The molecule has 2 aromatic carbocycles. The fourth-order valence-electron chi connectivity index (χ4n) is 2.74. The minimum atomic E-state index is -0.654. The van der Waals surface area contributed by atoms with Crippen LogP contribution in [0.5, 0.6) is 0 Å². The van der Waals surface area contributed by atoms with Gasteiger partial charge in [0.2, 0.25) is 0 Å². The molecule has 4 rings (SSSR count). The van der Waals surface area contributed by atoms with E-state index in [2.05, 4.69) is 10.2 Å². The first-order chi connectivity index (χ1) is 14.1. The first kappa shape index (κ1) is 18.4. The topological polar surface area (TPSA) is 95.4 Å². The number of hydrogen-bond acceptors (Lipinski definition) is 7. The first-order valence-electron chi connectivity index (χ1n) is 8.85. The summed E-state index contributed by atoms with van der Waals surface area (Å²) in [6.45, 7) is 1.72. The van der Waals surface area contributed by atoms with Crippen LogP contribution >= 0.6 is 0 Å². The molecule has 0 saturated carbocycles. The maximum atomic E-state index is 12.8. The fraction of sp³-hybridized carbons (Fsp3) is 0.0909. The van der Waals surface area contributed by atoms with E-state index in [-0.39, 0.29) is 35.3 Å². The summed E-state index contributed by atoms with van der Waals surface area (Å²) < 4.78 is 15.9. The number of esters is 1. The fourth-order valence-corrected chi connectivity index (χ4v) is 2.74. The van der Waals surface area contributed by atoms with Gasteiger partial charge in [-0.15, -0.1) is 10.2 Å². The average Bonchev–Trinajstić information content (AvgIpc) is 3.44. The zero-order valence-electron chi connectivity index (χ0n) is 15.5. The van der Waals surface area contributed by atoms with Crippen molar-refractivity contribution < 1.29 is 23.2 Å². The van der Waals surface area contributed by atoms with Gasteiger partial charge < -0.3 is 13.6 Å². The highest BCUT2D eigenvalue weighted by Crippen LogP contribution is 2.20. The third-order valence-electron chi connectivity index (χ3n) is 4.23. The number of aromatic nitrogens is 2. The molecular formula is C22H16N2O5. The minimum Gasteiger partial charge on any atom is -0.459 e. The van der Waals surface area contributed by atoms with E-state index in [4.69, 9.17) is 13.6 Å². The maximum Gasteiger partial charge on any atom is 0.339 e. The Morgan fingerprint density at radius 3 is 2.41 bits per heavy atom. The van der Waals surface area contributed by atoms with Crippen LogP contribution in [-0.4, -0.2) is 21.9 Å². The van der Waals surface area contributed by atoms with E-state index in [1.54, 1.807) is 48.5 Å². The molecule has 144 valence electrons. The number of rotatable bonds is 6. The van der Waals surface area contributed by atoms with Crippen molar-refractivity contribution in [3.05, 3.63) is 95.1 Å². The Hall–Kier alpha value is -4.00. The summed E-state index contributed by atoms with van der Waals surface area (Å²) in [5.41, 5.74) is 1.98. The van der Waals surface area contributed by atoms with Crippen molar-refractivity contribution in [2.45, 2.75) is 13.5 Å². The number of carbonyl (C=O) groups excluding carboxylic acids is 2. The van der Waals surface area contributed by atoms with E-state index in [0.29, 0.717) is 11.3 Å². The van der Waals surface area contributed by atoms with Crippen molar-refractivity contribution in [2.75, 3.05) is 0 Å². The Morgan fingerprint density at radius 2 is 1.69 bits per heavy atom. The molecule has 0 spiro atoms. The van der Waals surface area contributed by atoms with Gasteiger partial charge in [-0.3, -0.25) is 4.79 Å². The number of aryl methyl sites for hydroxylation is 1. The van der Waals surface area contributed by atoms with Gasteiger partial charge in [0.15, 0.2) is 18.2 Å². The van der Waals surface area contributed by atoms with Crippen LogP contribution in [0.2, 0.25) is 0 Å². The number of benzene rings is 2. The molecule has 0 saturated heterocycles. The second kappa shape index (κ2) is 7.93. The number of carbonyl (C=O) groups is 2. The molecule has 2 heterocycles. The lowest BCUT2D eigenvalue weighted by Crippen LogP contribution is -2.12. The minimum absolute atomic E-state index is 0.118. The quantitative estimate of drug-likeness (QED) is 0.360. The summed E-state index contributed by atoms with van der Waals surface area (Å²) in [6, 6.07) is 17.0. The van der Waals surface area contributed by atoms with Gasteiger partial charge in [-0.05, 0) is 25.1 Å². The van der Waals surface area contributed by atoms with Crippen molar-refractivity contribution in [3.8, 4) is 11.7 Å². The molecule has 29 heavy (non-hydrogen) atoms. The molecule has 2 aromatic heterocycles.